The van der Waals surface area contributed by atoms with Gasteiger partial charge < -0.3 is 10.2 Å². The van der Waals surface area contributed by atoms with Gasteiger partial charge in [0.05, 0.1) is 24.3 Å². The first-order chi connectivity index (χ1) is 17.2. The molecule has 1 aliphatic heterocycles. The van der Waals surface area contributed by atoms with Crippen molar-refractivity contribution in [1.29, 1.82) is 0 Å². The summed E-state index contributed by atoms with van der Waals surface area (Å²) in [5.41, 5.74) is 3.78. The fourth-order valence-corrected chi connectivity index (χ4v) is 4.91. The van der Waals surface area contributed by atoms with Crippen LogP contribution in [0.25, 0.3) is 0 Å². The van der Waals surface area contributed by atoms with E-state index in [1.165, 1.54) is 0 Å². The van der Waals surface area contributed by atoms with Gasteiger partial charge in [-0.3, -0.25) is 9.80 Å². The Hall–Kier alpha value is -3.28. The van der Waals surface area contributed by atoms with E-state index in [2.05, 4.69) is 40.7 Å². The molecule has 4 aromatic rings. The summed E-state index contributed by atoms with van der Waals surface area (Å²) in [6, 6.07) is 39.1. The summed E-state index contributed by atoms with van der Waals surface area (Å²) in [6.07, 6.45) is -1.44. The van der Waals surface area contributed by atoms with Crippen LogP contribution in [0, 0.1) is 6.67 Å². The van der Waals surface area contributed by atoms with Gasteiger partial charge in [-0.2, -0.15) is 0 Å². The van der Waals surface area contributed by atoms with Gasteiger partial charge in [0.1, 0.15) is 6.67 Å². The molecule has 0 saturated carbocycles. The van der Waals surface area contributed by atoms with E-state index in [1.54, 1.807) is 0 Å². The predicted octanol–water partition coefficient (Wildman–Crippen LogP) is 5.55. The molecule has 4 nitrogen and oxygen atoms in total. The normalized spacial score (nSPS) is 18.1. The summed E-state index contributed by atoms with van der Waals surface area (Å²) in [4.78, 5) is 4.17. The monoisotopic (exact) mass is 462 g/mol. The topological polar surface area (TPSA) is 46.9 Å². The summed E-state index contributed by atoms with van der Waals surface area (Å²) >= 11 is 0. The van der Waals surface area contributed by atoms with Crippen molar-refractivity contribution < 1.29 is 10.2 Å². The van der Waals surface area contributed by atoms with Gasteiger partial charge in [0.2, 0.25) is 0 Å². The summed E-state index contributed by atoms with van der Waals surface area (Å²) in [5, 5.41) is 22.9. The van der Waals surface area contributed by atoms with Gasteiger partial charge in [-0.25, -0.2) is 0 Å². The average molecular weight is 463 g/mol. The zero-order valence-corrected chi connectivity index (χ0v) is 19.6. The largest absolute Gasteiger partial charge is 0.386 e. The van der Waals surface area contributed by atoms with E-state index in [0.29, 0.717) is 13.1 Å². The lowest BCUT2D eigenvalue weighted by Crippen LogP contribution is -2.32. The number of rotatable bonds is 8. The van der Waals surface area contributed by atoms with Crippen LogP contribution < -0.4 is 0 Å². The first-order valence-corrected chi connectivity index (χ1v) is 12.1. The van der Waals surface area contributed by atoms with Crippen molar-refractivity contribution in [1.82, 2.24) is 9.80 Å². The number of aliphatic hydroxyl groups excluding tert-OH is 2. The molecular formula is C31H30N2O2. The molecule has 4 heteroatoms. The van der Waals surface area contributed by atoms with Crippen LogP contribution in [0.15, 0.2) is 121 Å². The molecule has 1 saturated heterocycles. The maximum Gasteiger partial charge on any atom is 0.147 e. The summed E-state index contributed by atoms with van der Waals surface area (Å²) < 4.78 is 0. The first-order valence-electron chi connectivity index (χ1n) is 12.1. The van der Waals surface area contributed by atoms with E-state index in [9.17, 15) is 10.2 Å². The third kappa shape index (κ3) is 5.21. The average Bonchev–Trinajstić information content (AvgIpc) is 3.40. The maximum atomic E-state index is 11.5. The van der Waals surface area contributed by atoms with Crippen molar-refractivity contribution in [2.75, 3.05) is 13.1 Å². The van der Waals surface area contributed by atoms with Crippen LogP contribution in [0.3, 0.4) is 0 Å². The second-order valence-corrected chi connectivity index (χ2v) is 8.91. The van der Waals surface area contributed by atoms with E-state index in [0.717, 1.165) is 22.3 Å². The maximum absolute atomic E-state index is 11.5. The Morgan fingerprint density at radius 1 is 0.457 bits per heavy atom. The van der Waals surface area contributed by atoms with Crippen LogP contribution in [0.4, 0.5) is 0 Å². The highest BCUT2D eigenvalue weighted by Gasteiger charge is 2.39. The summed E-state index contributed by atoms with van der Waals surface area (Å²) in [6.45, 7) is 4.91. The Morgan fingerprint density at radius 3 is 1.06 bits per heavy atom. The first kappa shape index (κ1) is 23.5. The SMILES string of the molecule is O[C@H](c1ccccc1)[C@H](c1ccccc1)N1[C]N([C@@H](c2ccccc2)[C@H](O)c2ccccc2)CC1. The number of hydrogen-bond donors (Lipinski definition) is 2. The Bertz CT molecular complexity index is 1080. The van der Waals surface area contributed by atoms with Crippen molar-refractivity contribution in [2.24, 2.45) is 0 Å². The van der Waals surface area contributed by atoms with Crippen molar-refractivity contribution in [2.45, 2.75) is 24.3 Å². The minimum Gasteiger partial charge on any atom is -0.386 e. The van der Waals surface area contributed by atoms with Gasteiger partial charge in [0.15, 0.2) is 0 Å². The molecule has 0 aromatic heterocycles. The van der Waals surface area contributed by atoms with Crippen LogP contribution in [0.5, 0.6) is 0 Å². The Morgan fingerprint density at radius 2 is 0.743 bits per heavy atom. The quantitative estimate of drug-likeness (QED) is 0.360. The molecule has 0 bridgehead atoms. The standard InChI is InChI=1S/C31H30N2O2/c34-30(26-17-9-3-10-18-26)28(24-13-5-1-6-14-24)32-21-22-33(23-32)29(25-15-7-2-8-16-25)31(35)27-19-11-4-12-20-27/h1-20,28-31,34-35H,21-22H2/t28-,29-,30+,31+/m0/s1. The number of nitrogens with zero attached hydrogens (tertiary/aromatic N) is 2. The molecule has 2 N–H and O–H groups in total. The predicted molar refractivity (Wildman–Crippen MR) is 138 cm³/mol. The van der Waals surface area contributed by atoms with E-state index < -0.39 is 12.2 Å². The van der Waals surface area contributed by atoms with Crippen molar-refractivity contribution in [3.63, 3.8) is 0 Å². The molecule has 35 heavy (non-hydrogen) atoms. The fourth-order valence-electron chi connectivity index (χ4n) is 4.91. The van der Waals surface area contributed by atoms with Crippen LogP contribution >= 0.6 is 0 Å². The molecular weight excluding hydrogens is 432 g/mol. The minimum absolute atomic E-state index is 0.297. The number of aliphatic hydroxyl groups is 2. The van der Waals surface area contributed by atoms with Crippen LogP contribution in [0.1, 0.15) is 46.5 Å². The third-order valence-electron chi connectivity index (χ3n) is 6.67. The Kier molecular flexibility index (Phi) is 7.36. The van der Waals surface area contributed by atoms with Crippen LogP contribution in [-0.4, -0.2) is 33.1 Å². The summed E-state index contributed by atoms with van der Waals surface area (Å²) in [7, 11) is 0. The van der Waals surface area contributed by atoms with E-state index in [4.69, 9.17) is 0 Å². The zero-order chi connectivity index (χ0) is 24.0. The van der Waals surface area contributed by atoms with Crippen molar-refractivity contribution >= 4 is 0 Å². The molecule has 176 valence electrons. The van der Waals surface area contributed by atoms with Crippen LogP contribution in [-0.2, 0) is 0 Å². The lowest BCUT2D eigenvalue weighted by Gasteiger charge is -2.34. The van der Waals surface area contributed by atoms with Gasteiger partial charge in [-0.05, 0) is 22.3 Å². The molecule has 1 aliphatic rings. The Balaban J connectivity index is 1.46. The van der Waals surface area contributed by atoms with E-state index >= 15 is 0 Å². The van der Waals surface area contributed by atoms with Gasteiger partial charge in [0, 0.05) is 13.1 Å². The van der Waals surface area contributed by atoms with E-state index in [1.807, 2.05) is 97.1 Å². The molecule has 0 spiro atoms. The highest BCUT2D eigenvalue weighted by atomic mass is 16.3. The molecule has 0 unspecified atom stereocenters. The zero-order valence-electron chi connectivity index (χ0n) is 19.6. The fraction of sp³-hybridized carbons (Fsp3) is 0.194. The van der Waals surface area contributed by atoms with Crippen LogP contribution in [0.2, 0.25) is 0 Å². The van der Waals surface area contributed by atoms with Gasteiger partial charge in [-0.1, -0.05) is 121 Å². The van der Waals surface area contributed by atoms with Gasteiger partial charge in [-0.15, -0.1) is 0 Å². The van der Waals surface area contributed by atoms with Gasteiger partial charge >= 0.3 is 0 Å². The highest BCUT2D eigenvalue weighted by Crippen LogP contribution is 2.41. The second kappa shape index (κ2) is 11.0. The Labute approximate surface area is 207 Å². The van der Waals surface area contributed by atoms with Crippen molar-refractivity contribution in [3.8, 4) is 0 Å². The highest BCUT2D eigenvalue weighted by molar-refractivity contribution is 5.29. The van der Waals surface area contributed by atoms with E-state index in [-0.39, 0.29) is 12.1 Å². The van der Waals surface area contributed by atoms with Crippen molar-refractivity contribution in [3.05, 3.63) is 150 Å². The third-order valence-corrected chi connectivity index (χ3v) is 6.67. The molecule has 4 aromatic carbocycles. The molecule has 2 radical (unpaired) electrons. The molecule has 1 fully saturated rings. The number of benzene rings is 4. The molecule has 0 amide bonds. The smallest absolute Gasteiger partial charge is 0.147 e. The minimum atomic E-state index is -0.722. The molecule has 1 heterocycles. The number of hydrogen-bond acceptors (Lipinski definition) is 4. The lowest BCUT2D eigenvalue weighted by atomic mass is 9.94. The lowest BCUT2D eigenvalue weighted by molar-refractivity contribution is 0.0480. The molecule has 0 aliphatic carbocycles. The summed E-state index contributed by atoms with van der Waals surface area (Å²) in [5.74, 6) is 0. The molecule has 5 rings (SSSR count). The second-order valence-electron chi connectivity index (χ2n) is 8.91. The molecule has 4 atom stereocenters. The van der Waals surface area contributed by atoms with Gasteiger partial charge in [0.25, 0.3) is 0 Å².